The molecule has 0 saturated carbocycles. The summed E-state index contributed by atoms with van der Waals surface area (Å²) in [7, 11) is 0. The lowest BCUT2D eigenvalue weighted by atomic mass is 10.0. The number of amides is 1. The van der Waals surface area contributed by atoms with Crippen LogP contribution in [0.15, 0.2) is 48.5 Å². The quantitative estimate of drug-likeness (QED) is 0.540. The first-order valence-electron chi connectivity index (χ1n) is 9.07. The van der Waals surface area contributed by atoms with E-state index < -0.39 is 12.2 Å². The molecule has 2 rings (SSSR count). The number of benzene rings is 2. The minimum atomic E-state index is -0.657. The first-order chi connectivity index (χ1) is 13.5. The monoisotopic (exact) mass is 387 g/mol. The van der Waals surface area contributed by atoms with Crippen LogP contribution in [0.5, 0.6) is 5.75 Å². The molecule has 2 aromatic carbocycles. The average Bonchev–Trinajstić information content (AvgIpc) is 2.70. The number of rotatable bonds is 10. The number of anilines is 1. The van der Waals surface area contributed by atoms with Crippen LogP contribution in [0.3, 0.4) is 0 Å². The second-order valence-electron chi connectivity index (χ2n) is 6.13. The lowest BCUT2D eigenvalue weighted by Crippen LogP contribution is -2.19. The smallest absolute Gasteiger partial charge is 0.412 e. The number of hydrogen-bond donors (Lipinski definition) is 3. The zero-order chi connectivity index (χ0) is 20.4. The first kappa shape index (κ1) is 21.4. The zero-order valence-electron chi connectivity index (χ0n) is 15.8. The molecule has 0 heterocycles. The van der Waals surface area contributed by atoms with E-state index in [1.165, 1.54) is 6.92 Å². The molecule has 0 aliphatic carbocycles. The van der Waals surface area contributed by atoms with Gasteiger partial charge in [0.15, 0.2) is 5.78 Å². The van der Waals surface area contributed by atoms with Gasteiger partial charge in [-0.1, -0.05) is 18.2 Å². The van der Waals surface area contributed by atoms with Gasteiger partial charge in [-0.25, -0.2) is 4.79 Å². The molecule has 0 radical (unpaired) electrons. The van der Waals surface area contributed by atoms with E-state index in [-0.39, 0.29) is 25.6 Å². The van der Waals surface area contributed by atoms with Crippen LogP contribution < -0.4 is 10.1 Å². The molecule has 0 aliphatic heterocycles. The van der Waals surface area contributed by atoms with Crippen molar-refractivity contribution in [3.63, 3.8) is 0 Å². The fraction of sp³-hybridized carbons (Fsp3) is 0.333. The summed E-state index contributed by atoms with van der Waals surface area (Å²) in [4.78, 5) is 23.7. The highest BCUT2D eigenvalue weighted by Crippen LogP contribution is 2.31. The van der Waals surface area contributed by atoms with Gasteiger partial charge in [0.05, 0.1) is 6.61 Å². The highest BCUT2D eigenvalue weighted by Gasteiger charge is 2.20. The minimum absolute atomic E-state index is 0.0341. The molecule has 28 heavy (non-hydrogen) atoms. The van der Waals surface area contributed by atoms with Gasteiger partial charge in [-0.3, -0.25) is 10.1 Å². The van der Waals surface area contributed by atoms with Gasteiger partial charge in [0.25, 0.3) is 0 Å². The summed E-state index contributed by atoms with van der Waals surface area (Å²) in [5.74, 6) is 0.454. The van der Waals surface area contributed by atoms with E-state index in [2.05, 4.69) is 5.32 Å². The van der Waals surface area contributed by atoms with Crippen LogP contribution in [0.4, 0.5) is 10.5 Å². The Morgan fingerprint density at radius 3 is 2.39 bits per heavy atom. The van der Waals surface area contributed by atoms with Crippen molar-refractivity contribution in [2.45, 2.75) is 25.9 Å². The average molecular weight is 387 g/mol. The van der Waals surface area contributed by atoms with Crippen LogP contribution in [0.25, 0.3) is 0 Å². The Morgan fingerprint density at radius 1 is 1.04 bits per heavy atom. The third-order valence-corrected chi connectivity index (χ3v) is 4.03. The van der Waals surface area contributed by atoms with Gasteiger partial charge in [0, 0.05) is 23.4 Å². The summed E-state index contributed by atoms with van der Waals surface area (Å²) in [6.45, 7) is 1.43. The van der Waals surface area contributed by atoms with Gasteiger partial charge in [0.2, 0.25) is 0 Å². The topological polar surface area (TPSA) is 105 Å². The van der Waals surface area contributed by atoms with E-state index in [1.807, 2.05) is 0 Å². The van der Waals surface area contributed by atoms with Crippen LogP contribution in [-0.2, 0) is 4.74 Å². The fourth-order valence-electron chi connectivity index (χ4n) is 2.65. The molecule has 0 aliphatic rings. The van der Waals surface area contributed by atoms with Gasteiger partial charge in [-0.2, -0.15) is 0 Å². The van der Waals surface area contributed by atoms with E-state index in [0.29, 0.717) is 35.4 Å². The number of carbonyl (C=O) groups excluding carboxylic acids is 2. The Balaban J connectivity index is 2.11. The van der Waals surface area contributed by atoms with Gasteiger partial charge in [-0.05, 0) is 50.1 Å². The first-order valence-corrected chi connectivity index (χ1v) is 9.07. The van der Waals surface area contributed by atoms with Gasteiger partial charge in [0.1, 0.15) is 18.5 Å². The second kappa shape index (κ2) is 11.1. The SMILES string of the molecule is CC(=O)c1ccc(NC(=O)O[C@@H](CCCO)c2ccccc2OCCO)cc1. The molecule has 0 unspecified atom stereocenters. The molecule has 3 N–H and O–H groups in total. The summed E-state index contributed by atoms with van der Waals surface area (Å²) in [6.07, 6.45) is -0.430. The second-order valence-corrected chi connectivity index (χ2v) is 6.13. The molecule has 1 atom stereocenters. The molecule has 0 saturated heterocycles. The molecule has 2 aromatic rings. The zero-order valence-corrected chi connectivity index (χ0v) is 15.8. The van der Waals surface area contributed by atoms with Crippen molar-refractivity contribution < 1.29 is 29.3 Å². The fourth-order valence-corrected chi connectivity index (χ4v) is 2.65. The van der Waals surface area contributed by atoms with Crippen LogP contribution in [0.1, 0.15) is 41.8 Å². The van der Waals surface area contributed by atoms with E-state index in [4.69, 9.17) is 19.7 Å². The van der Waals surface area contributed by atoms with E-state index in [1.54, 1.807) is 48.5 Å². The number of ether oxygens (including phenoxy) is 2. The Morgan fingerprint density at radius 2 is 1.75 bits per heavy atom. The predicted molar refractivity (Wildman–Crippen MR) is 105 cm³/mol. The molecular formula is C21H25NO6. The van der Waals surface area contributed by atoms with E-state index in [9.17, 15) is 9.59 Å². The van der Waals surface area contributed by atoms with Crippen molar-refractivity contribution in [3.8, 4) is 5.75 Å². The van der Waals surface area contributed by atoms with Crippen LogP contribution >= 0.6 is 0 Å². The lowest BCUT2D eigenvalue weighted by Gasteiger charge is -2.21. The Kier molecular flexibility index (Phi) is 8.45. The maximum atomic E-state index is 12.4. The number of carbonyl (C=O) groups is 2. The van der Waals surface area contributed by atoms with Crippen molar-refractivity contribution in [1.82, 2.24) is 0 Å². The number of ketones is 1. The number of hydrogen-bond acceptors (Lipinski definition) is 6. The molecule has 7 heteroatoms. The minimum Gasteiger partial charge on any atom is -0.491 e. The van der Waals surface area contributed by atoms with Crippen molar-refractivity contribution in [3.05, 3.63) is 59.7 Å². The van der Waals surface area contributed by atoms with Crippen LogP contribution in [-0.4, -0.2) is 41.9 Å². The number of Topliss-reactive ketones (excluding diaryl/α,β-unsaturated/α-hetero) is 1. The maximum absolute atomic E-state index is 12.4. The van der Waals surface area contributed by atoms with Crippen molar-refractivity contribution >= 4 is 17.6 Å². The third kappa shape index (κ3) is 6.37. The van der Waals surface area contributed by atoms with Crippen molar-refractivity contribution in [2.75, 3.05) is 25.1 Å². The van der Waals surface area contributed by atoms with Gasteiger partial charge in [-0.15, -0.1) is 0 Å². The van der Waals surface area contributed by atoms with E-state index >= 15 is 0 Å². The Bertz CT molecular complexity index is 775. The van der Waals surface area contributed by atoms with Gasteiger partial charge >= 0.3 is 6.09 Å². The molecule has 0 fully saturated rings. The number of aliphatic hydroxyl groups excluding tert-OH is 2. The Hall–Kier alpha value is -2.90. The van der Waals surface area contributed by atoms with Crippen molar-refractivity contribution in [1.29, 1.82) is 0 Å². The van der Waals surface area contributed by atoms with Crippen LogP contribution in [0.2, 0.25) is 0 Å². The largest absolute Gasteiger partial charge is 0.491 e. The molecule has 0 spiro atoms. The van der Waals surface area contributed by atoms with Crippen LogP contribution in [0, 0.1) is 0 Å². The molecule has 0 aromatic heterocycles. The normalized spacial score (nSPS) is 11.5. The molecule has 1 amide bonds. The predicted octanol–water partition coefficient (Wildman–Crippen LogP) is 3.32. The summed E-state index contributed by atoms with van der Waals surface area (Å²) in [5.41, 5.74) is 1.71. The number of nitrogens with one attached hydrogen (secondary N) is 1. The third-order valence-electron chi connectivity index (χ3n) is 4.03. The summed E-state index contributed by atoms with van der Waals surface area (Å²) < 4.78 is 11.1. The van der Waals surface area contributed by atoms with Gasteiger partial charge < -0.3 is 19.7 Å². The number of para-hydroxylation sites is 1. The molecule has 150 valence electrons. The highest BCUT2D eigenvalue weighted by atomic mass is 16.6. The summed E-state index contributed by atoms with van der Waals surface area (Å²) in [5, 5.41) is 20.8. The molecule has 0 bridgehead atoms. The standard InChI is InChI=1S/C21H25NO6/c1-15(25)16-8-10-17(11-9-16)22-21(26)28-20(7-4-12-23)18-5-2-3-6-19(18)27-14-13-24/h2-3,5-6,8-11,20,23-24H,4,7,12-14H2,1H3,(H,22,26)/t20-/m0/s1. The highest BCUT2D eigenvalue weighted by molar-refractivity contribution is 5.94. The lowest BCUT2D eigenvalue weighted by molar-refractivity contribution is 0.0964. The summed E-state index contributed by atoms with van der Waals surface area (Å²) >= 11 is 0. The molecular weight excluding hydrogens is 362 g/mol. The molecule has 7 nitrogen and oxygen atoms in total. The Labute approximate surface area is 163 Å². The van der Waals surface area contributed by atoms with Crippen molar-refractivity contribution in [2.24, 2.45) is 0 Å². The summed E-state index contributed by atoms with van der Waals surface area (Å²) in [6, 6.07) is 13.6. The maximum Gasteiger partial charge on any atom is 0.412 e. The van der Waals surface area contributed by atoms with E-state index in [0.717, 1.165) is 0 Å². The number of aliphatic hydroxyl groups is 2.